The Hall–Kier alpha value is -3.81. The molecule has 3 heterocycles. The van der Waals surface area contributed by atoms with Crippen molar-refractivity contribution in [1.29, 1.82) is 0 Å². The SMILES string of the molecule is Cc1ccc(-n2nc(C(=O)NCc3cccnc3-n3cncn3)c3c2CCC3)cc1. The molecule has 5 rings (SSSR count). The molecule has 150 valence electrons. The summed E-state index contributed by atoms with van der Waals surface area (Å²) in [6, 6.07) is 12.0. The van der Waals surface area contributed by atoms with Crippen LogP contribution in [0.2, 0.25) is 0 Å². The lowest BCUT2D eigenvalue weighted by Crippen LogP contribution is -2.25. The molecule has 0 spiro atoms. The molecule has 30 heavy (non-hydrogen) atoms. The Bertz CT molecular complexity index is 1190. The lowest BCUT2D eigenvalue weighted by atomic mass is 10.2. The molecule has 8 nitrogen and oxygen atoms in total. The Balaban J connectivity index is 1.41. The van der Waals surface area contributed by atoms with E-state index in [4.69, 9.17) is 0 Å². The van der Waals surface area contributed by atoms with Crippen LogP contribution in [0.4, 0.5) is 0 Å². The highest BCUT2D eigenvalue weighted by Gasteiger charge is 2.27. The van der Waals surface area contributed by atoms with Crippen molar-refractivity contribution >= 4 is 5.91 Å². The van der Waals surface area contributed by atoms with Crippen LogP contribution in [0.1, 0.15) is 39.3 Å². The van der Waals surface area contributed by atoms with Crippen LogP contribution in [-0.2, 0) is 19.4 Å². The van der Waals surface area contributed by atoms with Crippen molar-refractivity contribution in [3.05, 3.63) is 83.3 Å². The summed E-state index contributed by atoms with van der Waals surface area (Å²) in [4.78, 5) is 21.4. The molecule has 0 saturated heterocycles. The van der Waals surface area contributed by atoms with Gasteiger partial charge < -0.3 is 5.32 Å². The molecular formula is C22H21N7O. The molecule has 0 atom stereocenters. The first-order valence-corrected chi connectivity index (χ1v) is 9.95. The average Bonchev–Trinajstić information content (AvgIpc) is 3.51. The second-order valence-corrected chi connectivity index (χ2v) is 7.38. The number of rotatable bonds is 5. The Morgan fingerprint density at radius 2 is 2.03 bits per heavy atom. The summed E-state index contributed by atoms with van der Waals surface area (Å²) >= 11 is 0. The lowest BCUT2D eigenvalue weighted by molar-refractivity contribution is 0.0944. The van der Waals surface area contributed by atoms with Gasteiger partial charge in [0.15, 0.2) is 11.5 Å². The number of carbonyl (C=O) groups excluding carboxylic acids is 1. The van der Waals surface area contributed by atoms with Crippen LogP contribution in [0.15, 0.2) is 55.2 Å². The number of aromatic nitrogens is 6. The summed E-state index contributed by atoms with van der Waals surface area (Å²) in [5.41, 5.74) is 5.73. The highest BCUT2D eigenvalue weighted by Crippen LogP contribution is 2.28. The lowest BCUT2D eigenvalue weighted by Gasteiger charge is -2.09. The van der Waals surface area contributed by atoms with E-state index in [1.165, 1.54) is 11.9 Å². The molecule has 3 aromatic heterocycles. The van der Waals surface area contributed by atoms with Crippen LogP contribution in [-0.4, -0.2) is 35.4 Å². The van der Waals surface area contributed by atoms with E-state index >= 15 is 0 Å². The van der Waals surface area contributed by atoms with Crippen molar-refractivity contribution < 1.29 is 4.79 Å². The minimum absolute atomic E-state index is 0.174. The summed E-state index contributed by atoms with van der Waals surface area (Å²) < 4.78 is 3.51. The van der Waals surface area contributed by atoms with Gasteiger partial charge >= 0.3 is 0 Å². The first-order valence-electron chi connectivity index (χ1n) is 9.95. The average molecular weight is 399 g/mol. The first-order chi connectivity index (χ1) is 14.7. The van der Waals surface area contributed by atoms with E-state index in [1.807, 2.05) is 28.9 Å². The van der Waals surface area contributed by atoms with Gasteiger partial charge in [-0.1, -0.05) is 23.8 Å². The number of fused-ring (bicyclic) bond motifs is 1. The van der Waals surface area contributed by atoms with Gasteiger partial charge in [-0.25, -0.2) is 19.3 Å². The molecule has 8 heteroatoms. The molecule has 0 fully saturated rings. The molecule has 1 N–H and O–H groups in total. The van der Waals surface area contributed by atoms with Crippen molar-refractivity contribution in [2.24, 2.45) is 0 Å². The third kappa shape index (κ3) is 3.26. The van der Waals surface area contributed by atoms with E-state index in [0.29, 0.717) is 18.1 Å². The number of pyridine rings is 1. The Labute approximate surface area is 173 Å². The van der Waals surface area contributed by atoms with Gasteiger partial charge in [-0.15, -0.1) is 0 Å². The molecule has 1 aliphatic carbocycles. The van der Waals surface area contributed by atoms with Crippen LogP contribution in [0.5, 0.6) is 0 Å². The van der Waals surface area contributed by atoms with E-state index in [9.17, 15) is 4.79 Å². The van der Waals surface area contributed by atoms with Gasteiger partial charge in [-0.3, -0.25) is 4.79 Å². The van der Waals surface area contributed by atoms with Gasteiger partial charge in [0.05, 0.1) is 5.69 Å². The van der Waals surface area contributed by atoms with Crippen LogP contribution < -0.4 is 5.32 Å². The summed E-state index contributed by atoms with van der Waals surface area (Å²) in [5.74, 6) is 0.470. The molecule has 0 aliphatic heterocycles. The van der Waals surface area contributed by atoms with E-state index in [-0.39, 0.29) is 5.91 Å². The zero-order valence-corrected chi connectivity index (χ0v) is 16.6. The largest absolute Gasteiger partial charge is 0.346 e. The number of carbonyl (C=O) groups is 1. The predicted molar refractivity (Wildman–Crippen MR) is 111 cm³/mol. The molecule has 0 bridgehead atoms. The maximum atomic E-state index is 13.0. The maximum Gasteiger partial charge on any atom is 0.272 e. The second kappa shape index (κ2) is 7.55. The van der Waals surface area contributed by atoms with Crippen LogP contribution >= 0.6 is 0 Å². The number of benzene rings is 1. The zero-order valence-electron chi connectivity index (χ0n) is 16.6. The smallest absolute Gasteiger partial charge is 0.272 e. The van der Waals surface area contributed by atoms with Crippen LogP contribution in [0.25, 0.3) is 11.5 Å². The van der Waals surface area contributed by atoms with Gasteiger partial charge in [-0.2, -0.15) is 10.2 Å². The van der Waals surface area contributed by atoms with E-state index in [0.717, 1.165) is 41.8 Å². The Morgan fingerprint density at radius 1 is 1.17 bits per heavy atom. The number of aryl methyl sites for hydroxylation is 1. The van der Waals surface area contributed by atoms with Crippen LogP contribution in [0, 0.1) is 6.92 Å². The van der Waals surface area contributed by atoms with Gasteiger partial charge in [0.25, 0.3) is 5.91 Å². The Kier molecular flexibility index (Phi) is 4.59. The maximum absolute atomic E-state index is 13.0. The van der Waals surface area contributed by atoms with Gasteiger partial charge in [0.2, 0.25) is 0 Å². The minimum Gasteiger partial charge on any atom is -0.346 e. The molecule has 4 aromatic rings. The van der Waals surface area contributed by atoms with E-state index < -0.39 is 0 Å². The predicted octanol–water partition coefficient (Wildman–Crippen LogP) is 2.58. The van der Waals surface area contributed by atoms with Gasteiger partial charge in [0, 0.05) is 29.6 Å². The summed E-state index contributed by atoms with van der Waals surface area (Å²) in [6.07, 6.45) is 7.59. The summed E-state index contributed by atoms with van der Waals surface area (Å²) in [7, 11) is 0. The van der Waals surface area contributed by atoms with Crippen molar-refractivity contribution in [3.8, 4) is 11.5 Å². The third-order valence-corrected chi connectivity index (χ3v) is 5.37. The van der Waals surface area contributed by atoms with Crippen molar-refractivity contribution in [2.75, 3.05) is 0 Å². The Morgan fingerprint density at radius 3 is 2.83 bits per heavy atom. The number of hydrogen-bond acceptors (Lipinski definition) is 5. The fourth-order valence-electron chi connectivity index (χ4n) is 3.87. The van der Waals surface area contributed by atoms with Gasteiger partial charge in [0.1, 0.15) is 12.7 Å². The summed E-state index contributed by atoms with van der Waals surface area (Å²) in [5, 5.41) is 11.8. The first kappa shape index (κ1) is 18.2. The zero-order chi connectivity index (χ0) is 20.5. The van der Waals surface area contributed by atoms with E-state index in [2.05, 4.69) is 44.5 Å². The normalized spacial score (nSPS) is 12.7. The molecule has 1 aromatic carbocycles. The fraction of sp³-hybridized carbons (Fsp3) is 0.227. The monoisotopic (exact) mass is 399 g/mol. The van der Waals surface area contributed by atoms with Crippen molar-refractivity contribution in [1.82, 2.24) is 34.8 Å². The van der Waals surface area contributed by atoms with Crippen molar-refractivity contribution in [3.63, 3.8) is 0 Å². The molecule has 0 radical (unpaired) electrons. The standard InChI is InChI=1S/C22H21N7O/c1-15-7-9-17(10-8-15)29-19-6-2-5-18(19)20(27-29)22(30)25-12-16-4-3-11-24-21(16)28-14-23-13-26-28/h3-4,7-11,13-14H,2,5-6,12H2,1H3,(H,25,30). The number of nitrogens with zero attached hydrogens (tertiary/aromatic N) is 6. The minimum atomic E-state index is -0.174. The molecule has 0 saturated carbocycles. The third-order valence-electron chi connectivity index (χ3n) is 5.37. The second-order valence-electron chi connectivity index (χ2n) is 7.38. The number of hydrogen-bond donors (Lipinski definition) is 1. The number of nitrogens with one attached hydrogen (secondary N) is 1. The van der Waals surface area contributed by atoms with E-state index in [1.54, 1.807) is 17.2 Å². The summed E-state index contributed by atoms with van der Waals surface area (Å²) in [6.45, 7) is 2.39. The quantitative estimate of drug-likeness (QED) is 0.557. The highest BCUT2D eigenvalue weighted by molar-refractivity contribution is 5.94. The van der Waals surface area contributed by atoms with Crippen LogP contribution in [0.3, 0.4) is 0 Å². The van der Waals surface area contributed by atoms with Crippen molar-refractivity contribution in [2.45, 2.75) is 32.7 Å². The molecular weight excluding hydrogens is 378 g/mol. The topological polar surface area (TPSA) is 90.5 Å². The molecule has 1 amide bonds. The van der Waals surface area contributed by atoms with Gasteiger partial charge in [-0.05, 0) is 44.4 Å². The fourth-order valence-corrected chi connectivity index (χ4v) is 3.87. The molecule has 0 unspecified atom stereocenters. The number of amides is 1. The molecule has 1 aliphatic rings. The highest BCUT2D eigenvalue weighted by atomic mass is 16.2.